The van der Waals surface area contributed by atoms with Crippen molar-refractivity contribution >= 4 is 0 Å². The lowest BCUT2D eigenvalue weighted by atomic mass is 10.1. The molecule has 0 fully saturated rings. The maximum absolute atomic E-state index is 13.2. The Bertz CT molecular complexity index is 844. The van der Waals surface area contributed by atoms with Gasteiger partial charge in [0.05, 0.1) is 5.69 Å². The molecule has 0 bridgehead atoms. The number of benzene rings is 2. The van der Waals surface area contributed by atoms with Gasteiger partial charge in [0.15, 0.2) is 0 Å². The third kappa shape index (κ3) is 2.82. The molecule has 1 aliphatic heterocycles. The van der Waals surface area contributed by atoms with Crippen molar-refractivity contribution in [3.8, 4) is 11.4 Å². The summed E-state index contributed by atoms with van der Waals surface area (Å²) in [6.07, 6.45) is 4.70. The van der Waals surface area contributed by atoms with E-state index < -0.39 is 0 Å². The van der Waals surface area contributed by atoms with E-state index in [4.69, 9.17) is 4.74 Å². The van der Waals surface area contributed by atoms with Crippen LogP contribution in [0, 0.1) is 5.82 Å². The largest absolute Gasteiger partial charge is 0.489 e. The van der Waals surface area contributed by atoms with Gasteiger partial charge in [0.2, 0.25) is 0 Å². The van der Waals surface area contributed by atoms with E-state index in [1.807, 2.05) is 22.8 Å². The van der Waals surface area contributed by atoms with E-state index in [0.717, 1.165) is 42.1 Å². The Morgan fingerprint density at radius 2 is 2.09 bits per heavy atom. The summed E-state index contributed by atoms with van der Waals surface area (Å²) in [5, 5.41) is 8.17. The second-order valence-electron chi connectivity index (χ2n) is 5.68. The standard InChI is InChI=1S/C18H16FN3O/c19-15-5-1-3-13(9-15)11-23-16-7-8-17-14(10-16)4-2-6-18-21-20-12-22(17)18/h1,3,5,7-10,12H,2,4,6,11H2. The molecule has 0 saturated carbocycles. The molecule has 0 unspecified atom stereocenters. The van der Waals surface area contributed by atoms with Crippen LogP contribution in [-0.2, 0) is 19.4 Å². The lowest BCUT2D eigenvalue weighted by Gasteiger charge is -2.12. The first-order chi connectivity index (χ1) is 11.3. The first kappa shape index (κ1) is 13.9. The molecular weight excluding hydrogens is 293 g/mol. The highest BCUT2D eigenvalue weighted by Gasteiger charge is 2.15. The van der Waals surface area contributed by atoms with Gasteiger partial charge < -0.3 is 4.74 Å². The molecule has 116 valence electrons. The zero-order valence-electron chi connectivity index (χ0n) is 12.6. The second kappa shape index (κ2) is 5.83. The number of ether oxygens (including phenoxy) is 1. The predicted molar refractivity (Wildman–Crippen MR) is 84.1 cm³/mol. The van der Waals surface area contributed by atoms with E-state index >= 15 is 0 Å². The van der Waals surface area contributed by atoms with Crippen molar-refractivity contribution in [2.75, 3.05) is 0 Å². The SMILES string of the molecule is Fc1cccc(COc2ccc3c(c2)CCCc2nncn2-3)c1. The third-order valence-electron chi connectivity index (χ3n) is 4.07. The Morgan fingerprint density at radius 3 is 3.00 bits per heavy atom. The van der Waals surface area contributed by atoms with Crippen LogP contribution in [-0.4, -0.2) is 14.8 Å². The smallest absolute Gasteiger partial charge is 0.137 e. The fourth-order valence-electron chi connectivity index (χ4n) is 2.95. The van der Waals surface area contributed by atoms with Gasteiger partial charge in [0.25, 0.3) is 0 Å². The molecule has 0 N–H and O–H groups in total. The van der Waals surface area contributed by atoms with Crippen molar-refractivity contribution in [1.82, 2.24) is 14.8 Å². The van der Waals surface area contributed by atoms with E-state index in [1.165, 1.54) is 17.7 Å². The number of nitrogens with zero attached hydrogens (tertiary/aromatic N) is 3. The summed E-state index contributed by atoms with van der Waals surface area (Å²) in [6, 6.07) is 12.5. The lowest BCUT2D eigenvalue weighted by Crippen LogP contribution is -2.01. The molecule has 1 aromatic heterocycles. The van der Waals surface area contributed by atoms with Crippen LogP contribution in [0.15, 0.2) is 48.8 Å². The van der Waals surface area contributed by atoms with E-state index in [1.54, 1.807) is 12.4 Å². The van der Waals surface area contributed by atoms with Crippen LogP contribution in [0.2, 0.25) is 0 Å². The Hall–Kier alpha value is -2.69. The minimum absolute atomic E-state index is 0.242. The van der Waals surface area contributed by atoms with Gasteiger partial charge in [-0.05, 0) is 54.3 Å². The first-order valence-corrected chi connectivity index (χ1v) is 7.69. The van der Waals surface area contributed by atoms with E-state index in [9.17, 15) is 4.39 Å². The van der Waals surface area contributed by atoms with Crippen molar-refractivity contribution in [3.05, 3.63) is 71.6 Å². The Labute approximate surface area is 133 Å². The Kier molecular flexibility index (Phi) is 3.54. The maximum Gasteiger partial charge on any atom is 0.137 e. The highest BCUT2D eigenvalue weighted by molar-refractivity contribution is 5.47. The normalized spacial score (nSPS) is 13.1. The van der Waals surface area contributed by atoms with Gasteiger partial charge in [-0.15, -0.1) is 10.2 Å². The van der Waals surface area contributed by atoms with E-state index in [0.29, 0.717) is 6.61 Å². The number of hydrogen-bond donors (Lipinski definition) is 0. The molecule has 0 amide bonds. The zero-order valence-corrected chi connectivity index (χ0v) is 12.6. The average Bonchev–Trinajstić information content (AvgIpc) is 2.95. The molecule has 0 saturated heterocycles. The summed E-state index contributed by atoms with van der Waals surface area (Å²) in [5.41, 5.74) is 3.15. The van der Waals surface area contributed by atoms with Gasteiger partial charge in [-0.1, -0.05) is 12.1 Å². The first-order valence-electron chi connectivity index (χ1n) is 7.69. The minimum Gasteiger partial charge on any atom is -0.489 e. The van der Waals surface area contributed by atoms with Crippen LogP contribution in [0.1, 0.15) is 23.4 Å². The van der Waals surface area contributed by atoms with Crippen LogP contribution < -0.4 is 4.74 Å². The van der Waals surface area contributed by atoms with Gasteiger partial charge >= 0.3 is 0 Å². The Morgan fingerprint density at radius 1 is 1.13 bits per heavy atom. The van der Waals surface area contributed by atoms with Gasteiger partial charge in [-0.3, -0.25) is 4.57 Å². The van der Waals surface area contributed by atoms with Crippen LogP contribution >= 0.6 is 0 Å². The number of aryl methyl sites for hydroxylation is 2. The molecule has 2 aromatic carbocycles. The molecule has 0 radical (unpaired) electrons. The molecule has 4 nitrogen and oxygen atoms in total. The summed E-state index contributed by atoms with van der Waals surface area (Å²) in [4.78, 5) is 0. The van der Waals surface area contributed by atoms with Crippen molar-refractivity contribution in [2.45, 2.75) is 25.9 Å². The highest BCUT2D eigenvalue weighted by atomic mass is 19.1. The average molecular weight is 309 g/mol. The topological polar surface area (TPSA) is 39.9 Å². The van der Waals surface area contributed by atoms with Crippen LogP contribution in [0.4, 0.5) is 4.39 Å². The molecule has 2 heterocycles. The number of rotatable bonds is 3. The van der Waals surface area contributed by atoms with Crippen molar-refractivity contribution in [2.24, 2.45) is 0 Å². The fourth-order valence-corrected chi connectivity index (χ4v) is 2.95. The quantitative estimate of drug-likeness (QED) is 0.743. The van der Waals surface area contributed by atoms with Gasteiger partial charge in [0.1, 0.15) is 30.3 Å². The summed E-state index contributed by atoms with van der Waals surface area (Å²) < 4.78 is 21.1. The summed E-state index contributed by atoms with van der Waals surface area (Å²) in [7, 11) is 0. The fraction of sp³-hybridized carbons (Fsp3) is 0.222. The van der Waals surface area contributed by atoms with Crippen molar-refractivity contribution < 1.29 is 9.13 Å². The molecule has 0 spiro atoms. The molecular formula is C18H16FN3O. The van der Waals surface area contributed by atoms with Crippen molar-refractivity contribution in [3.63, 3.8) is 0 Å². The van der Waals surface area contributed by atoms with E-state index in [2.05, 4.69) is 16.3 Å². The van der Waals surface area contributed by atoms with Crippen LogP contribution in [0.25, 0.3) is 5.69 Å². The lowest BCUT2D eigenvalue weighted by molar-refractivity contribution is 0.305. The van der Waals surface area contributed by atoms with Crippen molar-refractivity contribution in [1.29, 1.82) is 0 Å². The number of fused-ring (bicyclic) bond motifs is 3. The molecule has 3 aromatic rings. The maximum atomic E-state index is 13.2. The molecule has 4 rings (SSSR count). The predicted octanol–water partition coefficient (Wildman–Crippen LogP) is 3.47. The zero-order chi connectivity index (χ0) is 15.6. The minimum atomic E-state index is -0.242. The summed E-state index contributed by atoms with van der Waals surface area (Å²) >= 11 is 0. The number of hydrogen-bond acceptors (Lipinski definition) is 3. The van der Waals surface area contributed by atoms with Crippen LogP contribution in [0.3, 0.4) is 0 Å². The second-order valence-corrected chi connectivity index (χ2v) is 5.68. The monoisotopic (exact) mass is 309 g/mol. The number of halogens is 1. The molecule has 0 atom stereocenters. The molecule has 23 heavy (non-hydrogen) atoms. The highest BCUT2D eigenvalue weighted by Crippen LogP contribution is 2.27. The van der Waals surface area contributed by atoms with E-state index in [-0.39, 0.29) is 5.82 Å². The molecule has 5 heteroatoms. The summed E-state index contributed by atoms with van der Waals surface area (Å²) in [5.74, 6) is 1.55. The van der Waals surface area contributed by atoms with Gasteiger partial charge in [-0.2, -0.15) is 0 Å². The van der Waals surface area contributed by atoms with Crippen LogP contribution in [0.5, 0.6) is 5.75 Å². The molecule has 0 aliphatic carbocycles. The van der Waals surface area contributed by atoms with Gasteiger partial charge in [-0.25, -0.2) is 4.39 Å². The van der Waals surface area contributed by atoms with Gasteiger partial charge in [0, 0.05) is 6.42 Å². The summed E-state index contributed by atoms with van der Waals surface area (Å²) in [6.45, 7) is 0.356. The molecule has 1 aliphatic rings. The number of aromatic nitrogens is 3. The third-order valence-corrected chi connectivity index (χ3v) is 4.07. The Balaban J connectivity index is 1.57.